The van der Waals surface area contributed by atoms with Gasteiger partial charge in [0.05, 0.1) is 25.6 Å². The third kappa shape index (κ3) is 4.65. The van der Waals surface area contributed by atoms with Crippen molar-refractivity contribution in [2.45, 2.75) is 13.1 Å². The first-order chi connectivity index (χ1) is 14.8. The van der Waals surface area contributed by atoms with E-state index in [0.29, 0.717) is 10.4 Å². The molecule has 1 aromatic carbocycles. The molecule has 0 radical (unpaired) electrons. The van der Waals surface area contributed by atoms with Gasteiger partial charge < -0.3 is 14.8 Å². The van der Waals surface area contributed by atoms with E-state index >= 15 is 0 Å². The molecule has 0 saturated carbocycles. The fourth-order valence-corrected chi connectivity index (χ4v) is 2.76. The van der Waals surface area contributed by atoms with Crippen LogP contribution in [-0.4, -0.2) is 40.4 Å². The number of hydrogen-bond acceptors (Lipinski definition) is 6. The molecular formula is C20H17F3N4O4. The smallest absolute Gasteiger partial charge is 0.434 e. The van der Waals surface area contributed by atoms with Crippen LogP contribution < -0.4 is 10.1 Å². The minimum absolute atomic E-state index is 0.00911. The van der Waals surface area contributed by atoms with E-state index in [1.54, 1.807) is 12.1 Å². The molecule has 0 atom stereocenters. The van der Waals surface area contributed by atoms with Crippen molar-refractivity contribution in [1.29, 1.82) is 0 Å². The van der Waals surface area contributed by atoms with Gasteiger partial charge in [-0.1, -0.05) is 0 Å². The maximum Gasteiger partial charge on any atom is 0.434 e. The van der Waals surface area contributed by atoms with Crippen LogP contribution in [0.5, 0.6) is 5.75 Å². The number of amides is 1. The predicted octanol–water partition coefficient (Wildman–Crippen LogP) is 3.72. The van der Waals surface area contributed by atoms with Crippen molar-refractivity contribution < 1.29 is 32.2 Å². The number of carbonyl (C=O) groups excluding carboxylic acids is 2. The van der Waals surface area contributed by atoms with Gasteiger partial charge in [-0.05, 0) is 43.3 Å². The molecule has 3 rings (SSSR count). The summed E-state index contributed by atoms with van der Waals surface area (Å²) in [6, 6.07) is 8.46. The van der Waals surface area contributed by atoms with E-state index in [1.807, 2.05) is 0 Å². The lowest BCUT2D eigenvalue weighted by molar-refractivity contribution is -0.143. The second kappa shape index (κ2) is 8.86. The zero-order valence-electron chi connectivity index (χ0n) is 16.4. The number of anilines is 1. The number of methoxy groups -OCH3 is 1. The van der Waals surface area contributed by atoms with Crippen LogP contribution in [0.3, 0.4) is 0 Å². The Morgan fingerprint density at radius 1 is 1.16 bits per heavy atom. The summed E-state index contributed by atoms with van der Waals surface area (Å²) in [5.41, 5.74) is -1.78. The zero-order chi connectivity index (χ0) is 22.6. The number of carbonyl (C=O) groups is 2. The molecule has 1 N–H and O–H groups in total. The highest BCUT2D eigenvalue weighted by Gasteiger charge is 2.41. The Kier molecular flexibility index (Phi) is 6.23. The minimum Gasteiger partial charge on any atom is -0.493 e. The Bertz CT molecular complexity index is 1090. The number of aromatic nitrogens is 3. The summed E-state index contributed by atoms with van der Waals surface area (Å²) in [6.07, 6.45) is -2.59. The molecule has 0 aliphatic carbocycles. The Balaban J connectivity index is 1.89. The van der Waals surface area contributed by atoms with Crippen molar-refractivity contribution in [1.82, 2.24) is 14.8 Å². The number of alkyl halides is 3. The molecule has 2 aromatic heterocycles. The Labute approximate surface area is 174 Å². The molecule has 8 nitrogen and oxygen atoms in total. The Morgan fingerprint density at radius 2 is 1.87 bits per heavy atom. The lowest BCUT2D eigenvalue weighted by Gasteiger charge is -2.13. The topological polar surface area (TPSA) is 95.3 Å². The van der Waals surface area contributed by atoms with Crippen molar-refractivity contribution in [3.8, 4) is 11.4 Å². The van der Waals surface area contributed by atoms with Crippen LogP contribution in [0.15, 0.2) is 48.8 Å². The first-order valence-electron chi connectivity index (χ1n) is 8.99. The minimum atomic E-state index is -4.86. The fourth-order valence-electron chi connectivity index (χ4n) is 2.76. The molecule has 162 valence electrons. The van der Waals surface area contributed by atoms with Gasteiger partial charge in [-0.15, -0.1) is 0 Å². The summed E-state index contributed by atoms with van der Waals surface area (Å²) in [4.78, 5) is 28.3. The lowest BCUT2D eigenvalue weighted by atomic mass is 10.2. The molecule has 0 fully saturated rings. The molecule has 1 amide bonds. The van der Waals surface area contributed by atoms with E-state index < -0.39 is 29.3 Å². The molecule has 3 aromatic rings. The maximum atomic E-state index is 13.6. The van der Waals surface area contributed by atoms with Crippen molar-refractivity contribution in [2.75, 3.05) is 19.0 Å². The van der Waals surface area contributed by atoms with E-state index in [9.17, 15) is 22.8 Å². The highest BCUT2D eigenvalue weighted by Crippen LogP contribution is 2.34. The molecule has 0 unspecified atom stereocenters. The number of esters is 1. The van der Waals surface area contributed by atoms with Crippen LogP contribution in [0.4, 0.5) is 19.0 Å². The molecule has 0 saturated heterocycles. The fraction of sp³-hybridized carbons (Fsp3) is 0.200. The molecule has 0 aliphatic heterocycles. The number of nitrogens with one attached hydrogen (secondary N) is 1. The van der Waals surface area contributed by atoms with Crippen molar-refractivity contribution in [3.63, 3.8) is 0 Å². The molecule has 0 aliphatic rings. The quantitative estimate of drug-likeness (QED) is 0.594. The van der Waals surface area contributed by atoms with Crippen molar-refractivity contribution >= 4 is 17.7 Å². The monoisotopic (exact) mass is 434 g/mol. The number of nitrogens with zero attached hydrogens (tertiary/aromatic N) is 3. The van der Waals surface area contributed by atoms with Crippen LogP contribution >= 0.6 is 0 Å². The number of hydrogen-bond donors (Lipinski definition) is 1. The van der Waals surface area contributed by atoms with Crippen LogP contribution in [0, 0.1) is 0 Å². The second-order valence-electron chi connectivity index (χ2n) is 6.09. The number of benzene rings is 1. The summed E-state index contributed by atoms with van der Waals surface area (Å²) in [6.45, 7) is 1.41. The highest BCUT2D eigenvalue weighted by atomic mass is 19.4. The van der Waals surface area contributed by atoms with E-state index in [2.05, 4.69) is 20.1 Å². The predicted molar refractivity (Wildman–Crippen MR) is 103 cm³/mol. The average Bonchev–Trinajstić information content (AvgIpc) is 3.20. The first-order valence-corrected chi connectivity index (χ1v) is 8.99. The summed E-state index contributed by atoms with van der Waals surface area (Å²) in [7, 11) is 1.42. The number of rotatable bonds is 6. The molecule has 31 heavy (non-hydrogen) atoms. The highest BCUT2D eigenvalue weighted by molar-refractivity contribution is 6.04. The van der Waals surface area contributed by atoms with Crippen LogP contribution in [-0.2, 0) is 10.9 Å². The van der Waals surface area contributed by atoms with Gasteiger partial charge in [0, 0.05) is 11.8 Å². The van der Waals surface area contributed by atoms with Crippen molar-refractivity contribution in [2.24, 2.45) is 0 Å². The van der Waals surface area contributed by atoms with Crippen LogP contribution in [0.25, 0.3) is 5.69 Å². The summed E-state index contributed by atoms with van der Waals surface area (Å²) in [5.74, 6) is -1.11. The summed E-state index contributed by atoms with van der Waals surface area (Å²) >= 11 is 0. The Morgan fingerprint density at radius 3 is 2.48 bits per heavy atom. The third-order valence-corrected chi connectivity index (χ3v) is 4.13. The summed E-state index contributed by atoms with van der Waals surface area (Å²) in [5, 5.41) is 6.26. The van der Waals surface area contributed by atoms with Gasteiger partial charge in [0.1, 0.15) is 5.56 Å². The van der Waals surface area contributed by atoms with E-state index in [0.717, 1.165) is 6.20 Å². The first kappa shape index (κ1) is 21.8. The van der Waals surface area contributed by atoms with Gasteiger partial charge in [-0.25, -0.2) is 14.5 Å². The largest absolute Gasteiger partial charge is 0.493 e. The van der Waals surface area contributed by atoms with E-state index in [-0.39, 0.29) is 23.7 Å². The third-order valence-electron chi connectivity index (χ3n) is 4.13. The normalized spacial score (nSPS) is 11.1. The molecule has 11 heteroatoms. The number of ether oxygens (including phenoxy) is 2. The van der Waals surface area contributed by atoms with Gasteiger partial charge in [0.15, 0.2) is 17.3 Å². The van der Waals surface area contributed by atoms with Crippen molar-refractivity contribution in [3.05, 3.63) is 65.6 Å². The summed E-state index contributed by atoms with van der Waals surface area (Å²) < 4.78 is 51.2. The standard InChI is InChI=1S/C20H17F3N4O4/c1-3-31-19(29)14-11-25-27(16(14)20(21,22)23)13-8-6-12(7-9-13)18(28)26-17-15(30-2)5-4-10-24-17/h4-11H,3H2,1-2H3,(H,24,26,28). The molecular weight excluding hydrogens is 417 g/mol. The zero-order valence-corrected chi connectivity index (χ0v) is 16.4. The van der Waals surface area contributed by atoms with Gasteiger partial charge in [-0.2, -0.15) is 18.3 Å². The van der Waals surface area contributed by atoms with E-state index in [1.165, 1.54) is 44.5 Å². The van der Waals surface area contributed by atoms with Gasteiger partial charge >= 0.3 is 12.1 Å². The molecule has 0 spiro atoms. The van der Waals surface area contributed by atoms with Gasteiger partial charge in [0.25, 0.3) is 5.91 Å². The Hall–Kier alpha value is -3.89. The lowest BCUT2D eigenvalue weighted by Crippen LogP contribution is -2.18. The average molecular weight is 434 g/mol. The number of pyridine rings is 1. The van der Waals surface area contributed by atoms with Gasteiger partial charge in [-0.3, -0.25) is 4.79 Å². The number of halogens is 3. The SMILES string of the molecule is CCOC(=O)c1cnn(-c2ccc(C(=O)Nc3ncccc3OC)cc2)c1C(F)(F)F. The maximum absolute atomic E-state index is 13.6. The second-order valence-corrected chi connectivity index (χ2v) is 6.09. The van der Waals surface area contributed by atoms with Gasteiger partial charge in [0.2, 0.25) is 0 Å². The molecule has 2 heterocycles. The van der Waals surface area contributed by atoms with Crippen LogP contribution in [0.2, 0.25) is 0 Å². The molecule has 0 bridgehead atoms. The van der Waals surface area contributed by atoms with Crippen LogP contribution in [0.1, 0.15) is 33.3 Å². The van der Waals surface area contributed by atoms with E-state index in [4.69, 9.17) is 4.74 Å².